The van der Waals surface area contributed by atoms with Crippen LogP contribution in [0.4, 0.5) is 5.82 Å². The van der Waals surface area contributed by atoms with Crippen molar-refractivity contribution in [3.8, 4) is 0 Å². The van der Waals surface area contributed by atoms with Crippen molar-refractivity contribution >= 4 is 11.7 Å². The number of anilines is 1. The van der Waals surface area contributed by atoms with Gasteiger partial charge in [-0.1, -0.05) is 26.7 Å². The molecule has 0 saturated carbocycles. The summed E-state index contributed by atoms with van der Waals surface area (Å²) in [5.41, 5.74) is -0.881. The van der Waals surface area contributed by atoms with Crippen LogP contribution in [0.5, 0.6) is 0 Å². The summed E-state index contributed by atoms with van der Waals surface area (Å²) in [4.78, 5) is 11.8. The maximum atomic E-state index is 11.8. The number of aliphatic hydroxyl groups is 1. The van der Waals surface area contributed by atoms with Gasteiger partial charge in [0, 0.05) is 6.07 Å². The summed E-state index contributed by atoms with van der Waals surface area (Å²) in [5, 5.41) is 19.4. The molecule has 1 heterocycles. The van der Waals surface area contributed by atoms with Gasteiger partial charge in [0.05, 0.1) is 18.2 Å². The molecule has 0 unspecified atom stereocenters. The Bertz CT molecular complexity index is 330. The fourth-order valence-electron chi connectivity index (χ4n) is 2.05. The highest BCUT2D eigenvalue weighted by Gasteiger charge is 2.28. The number of rotatable bonds is 7. The molecule has 0 bridgehead atoms. The van der Waals surface area contributed by atoms with Crippen molar-refractivity contribution in [1.82, 2.24) is 10.2 Å². The Labute approximate surface area is 102 Å². The predicted octanol–water partition coefficient (Wildman–Crippen LogP) is 2.07. The molecule has 0 spiro atoms. The lowest BCUT2D eigenvalue weighted by molar-refractivity contribution is -0.121. The van der Waals surface area contributed by atoms with E-state index in [2.05, 4.69) is 15.5 Å². The topological polar surface area (TPSA) is 78.0 Å². The summed E-state index contributed by atoms with van der Waals surface area (Å²) in [6, 6.07) is 1.68. The van der Waals surface area contributed by atoms with E-state index < -0.39 is 5.60 Å². The van der Waals surface area contributed by atoms with Crippen LogP contribution < -0.4 is 5.32 Å². The molecule has 1 aromatic heterocycles. The zero-order valence-corrected chi connectivity index (χ0v) is 10.5. The molecule has 0 saturated heterocycles. The number of carbonyl (C=O) groups excluding carboxylic acids is 1. The van der Waals surface area contributed by atoms with Gasteiger partial charge in [0.15, 0.2) is 0 Å². The van der Waals surface area contributed by atoms with Gasteiger partial charge in [-0.05, 0) is 12.8 Å². The maximum Gasteiger partial charge on any atom is 0.228 e. The minimum atomic E-state index is -0.881. The van der Waals surface area contributed by atoms with E-state index in [4.69, 9.17) is 0 Å². The highest BCUT2D eigenvalue weighted by molar-refractivity contribution is 5.90. The molecule has 0 fully saturated rings. The molecule has 5 heteroatoms. The third-order valence-electron chi connectivity index (χ3n) is 2.70. The third-order valence-corrected chi connectivity index (χ3v) is 2.70. The Balaban J connectivity index is 2.51. The normalized spacial score (nSPS) is 11.5. The van der Waals surface area contributed by atoms with Crippen LogP contribution in [-0.2, 0) is 4.79 Å². The van der Waals surface area contributed by atoms with Gasteiger partial charge in [0.25, 0.3) is 0 Å². The molecule has 3 N–H and O–H groups in total. The largest absolute Gasteiger partial charge is 0.389 e. The first-order chi connectivity index (χ1) is 8.09. The van der Waals surface area contributed by atoms with Gasteiger partial charge >= 0.3 is 0 Å². The average Bonchev–Trinajstić information content (AvgIpc) is 2.70. The standard InChI is InChI=1S/C12H21N3O2/c1-3-6-12(17,7-4-2)9-11(16)14-10-5-8-13-15-10/h5,8,17H,3-4,6-7,9H2,1-2H3,(H2,13,14,15,16). The van der Waals surface area contributed by atoms with Crippen molar-refractivity contribution in [1.29, 1.82) is 0 Å². The van der Waals surface area contributed by atoms with Gasteiger partial charge < -0.3 is 10.4 Å². The van der Waals surface area contributed by atoms with Crippen LogP contribution >= 0.6 is 0 Å². The van der Waals surface area contributed by atoms with Crippen molar-refractivity contribution in [2.75, 3.05) is 5.32 Å². The SMILES string of the molecule is CCCC(O)(CCC)CC(=O)Nc1ccn[nH]1. The molecular formula is C12H21N3O2. The first kappa shape index (κ1) is 13.7. The zero-order valence-electron chi connectivity index (χ0n) is 10.5. The second kappa shape index (κ2) is 6.39. The summed E-state index contributed by atoms with van der Waals surface area (Å²) < 4.78 is 0. The lowest BCUT2D eigenvalue weighted by Gasteiger charge is -2.26. The number of hydrogen-bond donors (Lipinski definition) is 3. The number of H-pyrrole nitrogens is 1. The number of carbonyl (C=O) groups is 1. The first-order valence-electron chi connectivity index (χ1n) is 6.11. The molecular weight excluding hydrogens is 218 g/mol. The van der Waals surface area contributed by atoms with Gasteiger partial charge in [-0.3, -0.25) is 9.89 Å². The zero-order chi connectivity index (χ0) is 12.7. The van der Waals surface area contributed by atoms with Crippen LogP contribution in [0.15, 0.2) is 12.3 Å². The van der Waals surface area contributed by atoms with E-state index >= 15 is 0 Å². The molecule has 1 amide bonds. The number of hydrogen-bond acceptors (Lipinski definition) is 3. The second-order valence-corrected chi connectivity index (χ2v) is 4.42. The van der Waals surface area contributed by atoms with Crippen LogP contribution in [0.25, 0.3) is 0 Å². The summed E-state index contributed by atoms with van der Waals surface area (Å²) in [7, 11) is 0. The molecule has 1 rings (SSSR count). The molecule has 17 heavy (non-hydrogen) atoms. The highest BCUT2D eigenvalue weighted by Crippen LogP contribution is 2.23. The van der Waals surface area contributed by atoms with E-state index in [0.717, 1.165) is 12.8 Å². The van der Waals surface area contributed by atoms with E-state index in [1.807, 2.05) is 13.8 Å². The van der Waals surface area contributed by atoms with Crippen LogP contribution in [0.1, 0.15) is 46.0 Å². The molecule has 0 radical (unpaired) electrons. The summed E-state index contributed by atoms with van der Waals surface area (Å²) in [6.45, 7) is 4.01. The summed E-state index contributed by atoms with van der Waals surface area (Å²) in [6.07, 6.45) is 4.74. The van der Waals surface area contributed by atoms with E-state index in [1.54, 1.807) is 12.3 Å². The Morgan fingerprint density at radius 2 is 2.12 bits per heavy atom. The van der Waals surface area contributed by atoms with Crippen molar-refractivity contribution in [2.24, 2.45) is 0 Å². The Hall–Kier alpha value is -1.36. The van der Waals surface area contributed by atoms with E-state index in [0.29, 0.717) is 18.7 Å². The van der Waals surface area contributed by atoms with E-state index in [1.165, 1.54) is 0 Å². The van der Waals surface area contributed by atoms with Crippen molar-refractivity contribution in [3.63, 3.8) is 0 Å². The van der Waals surface area contributed by atoms with Gasteiger partial charge in [0.1, 0.15) is 5.82 Å². The van der Waals surface area contributed by atoms with Gasteiger partial charge in [-0.25, -0.2) is 0 Å². The lowest BCUT2D eigenvalue weighted by Crippen LogP contribution is -2.33. The smallest absolute Gasteiger partial charge is 0.228 e. The van der Waals surface area contributed by atoms with Crippen LogP contribution in [0.3, 0.4) is 0 Å². The third kappa shape index (κ3) is 4.56. The predicted molar refractivity (Wildman–Crippen MR) is 66.6 cm³/mol. The molecule has 0 aromatic carbocycles. The Morgan fingerprint density at radius 3 is 2.59 bits per heavy atom. The average molecular weight is 239 g/mol. The summed E-state index contributed by atoms with van der Waals surface area (Å²) in [5.74, 6) is 0.379. The number of amides is 1. The minimum absolute atomic E-state index is 0.133. The number of aromatic nitrogens is 2. The second-order valence-electron chi connectivity index (χ2n) is 4.42. The number of aromatic amines is 1. The molecule has 5 nitrogen and oxygen atoms in total. The lowest BCUT2D eigenvalue weighted by atomic mass is 9.89. The van der Waals surface area contributed by atoms with Gasteiger partial charge in [0.2, 0.25) is 5.91 Å². The number of nitrogens with one attached hydrogen (secondary N) is 2. The molecule has 0 aliphatic carbocycles. The minimum Gasteiger partial charge on any atom is -0.389 e. The van der Waals surface area contributed by atoms with Crippen molar-refractivity contribution in [3.05, 3.63) is 12.3 Å². The number of nitrogens with zero attached hydrogens (tertiary/aromatic N) is 1. The van der Waals surface area contributed by atoms with Crippen LogP contribution in [-0.4, -0.2) is 26.8 Å². The quantitative estimate of drug-likeness (QED) is 0.681. The van der Waals surface area contributed by atoms with E-state index in [-0.39, 0.29) is 12.3 Å². The fraction of sp³-hybridized carbons (Fsp3) is 0.667. The molecule has 0 atom stereocenters. The highest BCUT2D eigenvalue weighted by atomic mass is 16.3. The van der Waals surface area contributed by atoms with E-state index in [9.17, 15) is 9.90 Å². The molecule has 96 valence electrons. The Kier molecular flexibility index (Phi) is 5.15. The summed E-state index contributed by atoms with van der Waals surface area (Å²) >= 11 is 0. The van der Waals surface area contributed by atoms with Crippen molar-refractivity contribution in [2.45, 2.75) is 51.6 Å². The Morgan fingerprint density at radius 1 is 1.47 bits per heavy atom. The van der Waals surface area contributed by atoms with Gasteiger partial charge in [-0.2, -0.15) is 5.10 Å². The first-order valence-corrected chi connectivity index (χ1v) is 6.11. The molecule has 0 aliphatic rings. The van der Waals surface area contributed by atoms with Crippen molar-refractivity contribution < 1.29 is 9.90 Å². The van der Waals surface area contributed by atoms with Crippen LogP contribution in [0.2, 0.25) is 0 Å². The van der Waals surface area contributed by atoms with Gasteiger partial charge in [-0.15, -0.1) is 0 Å². The maximum absolute atomic E-state index is 11.8. The molecule has 0 aliphatic heterocycles. The fourth-order valence-corrected chi connectivity index (χ4v) is 2.05. The monoisotopic (exact) mass is 239 g/mol. The van der Waals surface area contributed by atoms with Crippen LogP contribution in [0, 0.1) is 0 Å². The molecule has 1 aromatic rings.